The highest BCUT2D eigenvalue weighted by Gasteiger charge is 2.12. The fourth-order valence-electron chi connectivity index (χ4n) is 1.84. The van der Waals surface area contributed by atoms with Crippen molar-refractivity contribution < 1.29 is 9.84 Å². The number of aryl methyl sites for hydroxylation is 1. The van der Waals surface area contributed by atoms with Gasteiger partial charge in [-0.15, -0.1) is 0 Å². The molecule has 1 unspecified atom stereocenters. The minimum absolute atomic E-state index is 0.632. The average Bonchev–Trinajstić information content (AvgIpc) is 2.39. The van der Waals surface area contributed by atoms with Crippen LogP contribution in [-0.2, 0) is 0 Å². The molecule has 0 bridgehead atoms. The van der Waals surface area contributed by atoms with Gasteiger partial charge >= 0.3 is 0 Å². The minimum Gasteiger partial charge on any atom is -0.496 e. The Morgan fingerprint density at radius 2 is 1.67 bits per heavy atom. The van der Waals surface area contributed by atoms with Gasteiger partial charge in [0.25, 0.3) is 0 Å². The first-order chi connectivity index (χ1) is 8.61. The Morgan fingerprint density at radius 1 is 1.06 bits per heavy atom. The van der Waals surface area contributed by atoms with E-state index in [1.54, 1.807) is 7.11 Å². The van der Waals surface area contributed by atoms with E-state index in [1.807, 2.05) is 49.4 Å². The first kappa shape index (κ1) is 13.1. The maximum atomic E-state index is 10.3. The zero-order valence-electron chi connectivity index (χ0n) is 10.4. The van der Waals surface area contributed by atoms with Crippen LogP contribution in [0, 0.1) is 6.92 Å². The molecular formula is C15H15BrO2. The van der Waals surface area contributed by atoms with Gasteiger partial charge in [-0.25, -0.2) is 0 Å². The molecule has 2 aromatic rings. The van der Waals surface area contributed by atoms with Gasteiger partial charge in [-0.1, -0.05) is 40.2 Å². The van der Waals surface area contributed by atoms with Gasteiger partial charge < -0.3 is 9.84 Å². The zero-order chi connectivity index (χ0) is 13.1. The quantitative estimate of drug-likeness (QED) is 0.933. The molecule has 0 aliphatic rings. The lowest BCUT2D eigenvalue weighted by Crippen LogP contribution is -2.00. The maximum absolute atomic E-state index is 10.3. The molecule has 0 radical (unpaired) electrons. The van der Waals surface area contributed by atoms with E-state index in [-0.39, 0.29) is 0 Å². The molecule has 0 saturated heterocycles. The smallest absolute Gasteiger partial charge is 0.122 e. The molecule has 0 aromatic heterocycles. The molecule has 2 nitrogen and oxygen atoms in total. The first-order valence-corrected chi connectivity index (χ1v) is 6.49. The van der Waals surface area contributed by atoms with E-state index in [0.29, 0.717) is 0 Å². The number of ether oxygens (including phenoxy) is 1. The summed E-state index contributed by atoms with van der Waals surface area (Å²) in [5.74, 6) is 0.795. The van der Waals surface area contributed by atoms with Crippen LogP contribution in [-0.4, -0.2) is 12.2 Å². The molecular weight excluding hydrogens is 292 g/mol. The lowest BCUT2D eigenvalue weighted by atomic mass is 10.0. The van der Waals surface area contributed by atoms with Crippen LogP contribution in [0.1, 0.15) is 22.8 Å². The molecule has 0 heterocycles. The summed E-state index contributed by atoms with van der Waals surface area (Å²) in [4.78, 5) is 0. The van der Waals surface area contributed by atoms with Gasteiger partial charge in [-0.2, -0.15) is 0 Å². The van der Waals surface area contributed by atoms with E-state index >= 15 is 0 Å². The van der Waals surface area contributed by atoms with Gasteiger partial charge in [0.1, 0.15) is 11.9 Å². The van der Waals surface area contributed by atoms with Crippen LogP contribution in [0.2, 0.25) is 0 Å². The summed E-state index contributed by atoms with van der Waals surface area (Å²) >= 11 is 3.38. The van der Waals surface area contributed by atoms with E-state index < -0.39 is 6.10 Å². The van der Waals surface area contributed by atoms with Crippen molar-refractivity contribution in [3.8, 4) is 5.75 Å². The summed E-state index contributed by atoms with van der Waals surface area (Å²) in [6.45, 7) is 1.98. The number of rotatable bonds is 3. The molecule has 94 valence electrons. The molecule has 0 amide bonds. The Kier molecular flexibility index (Phi) is 4.04. The molecule has 0 spiro atoms. The second kappa shape index (κ2) is 5.55. The molecule has 0 aliphatic carbocycles. The molecule has 0 fully saturated rings. The van der Waals surface area contributed by atoms with Gasteiger partial charge in [0, 0.05) is 4.47 Å². The van der Waals surface area contributed by atoms with Crippen LogP contribution in [0.25, 0.3) is 0 Å². The van der Waals surface area contributed by atoms with E-state index in [1.165, 1.54) is 0 Å². The number of halogens is 1. The highest BCUT2D eigenvalue weighted by atomic mass is 79.9. The van der Waals surface area contributed by atoms with Crippen LogP contribution < -0.4 is 4.74 Å². The number of hydrogen-bond acceptors (Lipinski definition) is 2. The van der Waals surface area contributed by atoms with E-state index in [4.69, 9.17) is 4.74 Å². The number of aliphatic hydroxyl groups is 1. The summed E-state index contributed by atoms with van der Waals surface area (Å²) in [6.07, 6.45) is -0.632. The second-order valence-corrected chi connectivity index (χ2v) is 5.10. The summed E-state index contributed by atoms with van der Waals surface area (Å²) in [5, 5.41) is 10.3. The number of aliphatic hydroxyl groups excluding tert-OH is 1. The first-order valence-electron chi connectivity index (χ1n) is 5.70. The molecule has 2 aromatic carbocycles. The molecule has 1 N–H and O–H groups in total. The van der Waals surface area contributed by atoms with Gasteiger partial charge in [0.15, 0.2) is 0 Å². The van der Waals surface area contributed by atoms with Gasteiger partial charge in [-0.3, -0.25) is 0 Å². The van der Waals surface area contributed by atoms with E-state index in [0.717, 1.165) is 26.9 Å². The van der Waals surface area contributed by atoms with E-state index in [9.17, 15) is 5.11 Å². The third-order valence-corrected chi connectivity index (χ3v) is 3.46. The number of hydrogen-bond donors (Lipinski definition) is 1. The molecule has 3 heteroatoms. The van der Waals surface area contributed by atoms with Crippen molar-refractivity contribution in [3.05, 3.63) is 63.6 Å². The molecule has 1 atom stereocenters. The summed E-state index contributed by atoms with van der Waals surface area (Å²) in [7, 11) is 1.64. The summed E-state index contributed by atoms with van der Waals surface area (Å²) in [6, 6.07) is 13.4. The Hall–Kier alpha value is -1.32. The predicted molar refractivity (Wildman–Crippen MR) is 75.9 cm³/mol. The van der Waals surface area contributed by atoms with Crippen molar-refractivity contribution in [2.24, 2.45) is 0 Å². The Labute approximate surface area is 115 Å². The van der Waals surface area contributed by atoms with Crippen LogP contribution in [0.5, 0.6) is 5.75 Å². The third-order valence-electron chi connectivity index (χ3n) is 2.93. The minimum atomic E-state index is -0.632. The van der Waals surface area contributed by atoms with Gasteiger partial charge in [-0.05, 0) is 41.8 Å². The van der Waals surface area contributed by atoms with Crippen molar-refractivity contribution >= 4 is 15.9 Å². The SMILES string of the molecule is COc1cc(C(O)c2ccc(Br)cc2)ccc1C. The number of methoxy groups -OCH3 is 1. The second-order valence-electron chi connectivity index (χ2n) is 4.18. The van der Waals surface area contributed by atoms with E-state index in [2.05, 4.69) is 15.9 Å². The molecule has 18 heavy (non-hydrogen) atoms. The predicted octanol–water partition coefficient (Wildman–Crippen LogP) is 3.85. The molecule has 0 saturated carbocycles. The van der Waals surface area contributed by atoms with Crippen molar-refractivity contribution in [1.29, 1.82) is 0 Å². The fourth-order valence-corrected chi connectivity index (χ4v) is 2.11. The standard InChI is InChI=1S/C15H15BrO2/c1-10-3-4-12(9-14(10)18-2)15(17)11-5-7-13(16)8-6-11/h3-9,15,17H,1-2H3. The normalized spacial score (nSPS) is 12.2. The van der Waals surface area contributed by atoms with Crippen LogP contribution in [0.3, 0.4) is 0 Å². The average molecular weight is 307 g/mol. The fraction of sp³-hybridized carbons (Fsp3) is 0.200. The van der Waals surface area contributed by atoms with Gasteiger partial charge in [0.2, 0.25) is 0 Å². The lowest BCUT2D eigenvalue weighted by molar-refractivity contribution is 0.219. The van der Waals surface area contributed by atoms with Crippen molar-refractivity contribution in [2.75, 3.05) is 7.11 Å². The Bertz CT molecular complexity index is 535. The lowest BCUT2D eigenvalue weighted by Gasteiger charge is -2.14. The monoisotopic (exact) mass is 306 g/mol. The summed E-state index contributed by atoms with van der Waals surface area (Å²) < 4.78 is 6.27. The summed E-state index contributed by atoms with van der Waals surface area (Å²) in [5.41, 5.74) is 2.76. The van der Waals surface area contributed by atoms with Crippen molar-refractivity contribution in [3.63, 3.8) is 0 Å². The van der Waals surface area contributed by atoms with Crippen molar-refractivity contribution in [1.82, 2.24) is 0 Å². The Balaban J connectivity index is 2.33. The maximum Gasteiger partial charge on any atom is 0.122 e. The highest BCUT2D eigenvalue weighted by Crippen LogP contribution is 2.28. The molecule has 2 rings (SSSR count). The zero-order valence-corrected chi connectivity index (χ0v) is 11.9. The topological polar surface area (TPSA) is 29.5 Å². The van der Waals surface area contributed by atoms with Crippen molar-refractivity contribution in [2.45, 2.75) is 13.0 Å². The van der Waals surface area contributed by atoms with Crippen LogP contribution in [0.15, 0.2) is 46.9 Å². The van der Waals surface area contributed by atoms with Gasteiger partial charge in [0.05, 0.1) is 7.11 Å². The largest absolute Gasteiger partial charge is 0.496 e. The number of benzene rings is 2. The highest BCUT2D eigenvalue weighted by molar-refractivity contribution is 9.10. The third kappa shape index (κ3) is 2.74. The molecule has 0 aliphatic heterocycles. The van der Waals surface area contributed by atoms with Crippen LogP contribution in [0.4, 0.5) is 0 Å². The Morgan fingerprint density at radius 3 is 2.28 bits per heavy atom. The van der Waals surface area contributed by atoms with Crippen LogP contribution >= 0.6 is 15.9 Å².